The van der Waals surface area contributed by atoms with Gasteiger partial charge in [-0.1, -0.05) is 31.0 Å². The average Bonchev–Trinajstić information content (AvgIpc) is 3.37. The number of thioether (sulfide) groups is 1. The van der Waals surface area contributed by atoms with Gasteiger partial charge in [0.15, 0.2) is 5.17 Å². The summed E-state index contributed by atoms with van der Waals surface area (Å²) in [5, 5.41) is 4.96. The summed E-state index contributed by atoms with van der Waals surface area (Å²) >= 11 is 2.01. The third-order valence-corrected chi connectivity index (χ3v) is 7.23. The van der Waals surface area contributed by atoms with Gasteiger partial charge in [0.1, 0.15) is 0 Å². The Morgan fingerprint density at radius 2 is 1.80 bits per heavy atom. The second kappa shape index (κ2) is 5.55. The van der Waals surface area contributed by atoms with Crippen LogP contribution in [0.25, 0.3) is 0 Å². The molecule has 0 aromatic rings. The summed E-state index contributed by atoms with van der Waals surface area (Å²) in [6.45, 7) is 2.30. The summed E-state index contributed by atoms with van der Waals surface area (Å²) in [5.41, 5.74) is 0.570. The fraction of sp³-hybridized carbons (Fsp3) is 0.941. The number of aliphatic imine (C=N–C) groups is 1. The molecule has 1 aliphatic heterocycles. The summed E-state index contributed by atoms with van der Waals surface area (Å²) in [4.78, 5) is 4.91. The predicted molar refractivity (Wildman–Crippen MR) is 87.2 cm³/mol. The van der Waals surface area contributed by atoms with Crippen molar-refractivity contribution >= 4 is 16.9 Å². The molecule has 1 spiro atoms. The van der Waals surface area contributed by atoms with Crippen LogP contribution >= 0.6 is 11.8 Å². The van der Waals surface area contributed by atoms with Crippen molar-refractivity contribution in [2.45, 2.75) is 57.8 Å². The predicted octanol–water partition coefficient (Wildman–Crippen LogP) is 4.07. The second-order valence-electron chi connectivity index (χ2n) is 7.69. The molecule has 20 heavy (non-hydrogen) atoms. The molecule has 0 bridgehead atoms. The number of amidine groups is 1. The van der Waals surface area contributed by atoms with Crippen molar-refractivity contribution in [3.8, 4) is 0 Å². The molecule has 1 heterocycles. The van der Waals surface area contributed by atoms with Gasteiger partial charge in [0, 0.05) is 18.8 Å². The van der Waals surface area contributed by atoms with Gasteiger partial charge in [-0.05, 0) is 61.7 Å². The zero-order valence-corrected chi connectivity index (χ0v) is 13.4. The van der Waals surface area contributed by atoms with E-state index in [2.05, 4.69) is 5.32 Å². The van der Waals surface area contributed by atoms with E-state index in [0.717, 1.165) is 24.3 Å². The third-order valence-electron chi connectivity index (χ3n) is 5.93. The van der Waals surface area contributed by atoms with Crippen LogP contribution in [0, 0.1) is 23.2 Å². The van der Waals surface area contributed by atoms with Crippen LogP contribution in [-0.2, 0) is 0 Å². The molecule has 3 fully saturated rings. The monoisotopic (exact) mass is 292 g/mol. The van der Waals surface area contributed by atoms with E-state index in [1.807, 2.05) is 11.8 Å². The first-order chi connectivity index (χ1) is 9.85. The van der Waals surface area contributed by atoms with E-state index in [1.165, 1.54) is 75.3 Å². The highest BCUT2D eigenvalue weighted by Gasteiger charge is 2.41. The lowest BCUT2D eigenvalue weighted by atomic mass is 9.75. The van der Waals surface area contributed by atoms with Crippen molar-refractivity contribution in [3.63, 3.8) is 0 Å². The topological polar surface area (TPSA) is 24.4 Å². The highest BCUT2D eigenvalue weighted by atomic mass is 32.2. The van der Waals surface area contributed by atoms with Gasteiger partial charge < -0.3 is 5.32 Å². The molecule has 0 unspecified atom stereocenters. The molecule has 2 nitrogen and oxygen atoms in total. The first kappa shape index (κ1) is 13.5. The smallest absolute Gasteiger partial charge is 0.156 e. The molecule has 3 saturated carbocycles. The van der Waals surface area contributed by atoms with Crippen molar-refractivity contribution in [1.29, 1.82) is 0 Å². The Kier molecular flexibility index (Phi) is 3.74. The number of hydrogen-bond acceptors (Lipinski definition) is 3. The van der Waals surface area contributed by atoms with Gasteiger partial charge in [-0.3, -0.25) is 4.99 Å². The van der Waals surface area contributed by atoms with E-state index >= 15 is 0 Å². The van der Waals surface area contributed by atoms with Crippen molar-refractivity contribution in [2.24, 2.45) is 28.2 Å². The molecule has 0 aromatic heterocycles. The standard InChI is InChI=1S/C17H28N2S/c1-2-8-17(9-3-1)11-19-16(20-12-17)18-10-15(13-4-5-13)14-6-7-14/h13-15H,1-12H2,(H,18,19). The fourth-order valence-electron chi connectivity index (χ4n) is 4.24. The molecule has 112 valence electrons. The third kappa shape index (κ3) is 3.03. The molecular weight excluding hydrogens is 264 g/mol. The van der Waals surface area contributed by atoms with Gasteiger partial charge >= 0.3 is 0 Å². The normalized spacial score (nSPS) is 29.6. The number of rotatable bonds is 4. The summed E-state index contributed by atoms with van der Waals surface area (Å²) < 4.78 is 0. The summed E-state index contributed by atoms with van der Waals surface area (Å²) in [6, 6.07) is 0. The molecule has 3 heteroatoms. The van der Waals surface area contributed by atoms with E-state index in [-0.39, 0.29) is 0 Å². The zero-order valence-electron chi connectivity index (χ0n) is 12.6. The average molecular weight is 292 g/mol. The Morgan fingerprint density at radius 1 is 1.10 bits per heavy atom. The van der Waals surface area contributed by atoms with E-state index in [4.69, 9.17) is 4.99 Å². The molecular formula is C17H28N2S. The quantitative estimate of drug-likeness (QED) is 0.845. The first-order valence-corrected chi connectivity index (χ1v) is 9.74. The number of nitrogens with one attached hydrogen (secondary N) is 1. The van der Waals surface area contributed by atoms with Crippen molar-refractivity contribution in [2.75, 3.05) is 18.8 Å². The van der Waals surface area contributed by atoms with Crippen LogP contribution in [-0.4, -0.2) is 24.0 Å². The minimum absolute atomic E-state index is 0.570. The van der Waals surface area contributed by atoms with Crippen LogP contribution in [0.3, 0.4) is 0 Å². The molecule has 0 saturated heterocycles. The molecule has 3 aliphatic carbocycles. The minimum atomic E-state index is 0.570. The van der Waals surface area contributed by atoms with Crippen molar-refractivity contribution < 1.29 is 0 Å². The zero-order chi connectivity index (χ0) is 13.4. The van der Waals surface area contributed by atoms with Crippen LogP contribution in [0.1, 0.15) is 57.8 Å². The lowest BCUT2D eigenvalue weighted by molar-refractivity contribution is 0.232. The first-order valence-electron chi connectivity index (χ1n) is 8.76. The van der Waals surface area contributed by atoms with E-state index in [9.17, 15) is 0 Å². The second-order valence-corrected chi connectivity index (χ2v) is 8.65. The Balaban J connectivity index is 1.29. The van der Waals surface area contributed by atoms with Crippen molar-refractivity contribution in [1.82, 2.24) is 5.32 Å². The lowest BCUT2D eigenvalue weighted by Gasteiger charge is -2.38. The van der Waals surface area contributed by atoms with Crippen LogP contribution in [0.2, 0.25) is 0 Å². The summed E-state index contributed by atoms with van der Waals surface area (Å²) in [5.74, 6) is 4.38. The minimum Gasteiger partial charge on any atom is -0.365 e. The summed E-state index contributed by atoms with van der Waals surface area (Å²) in [7, 11) is 0. The highest BCUT2D eigenvalue weighted by molar-refractivity contribution is 8.13. The molecule has 0 amide bonds. The maximum atomic E-state index is 4.91. The van der Waals surface area contributed by atoms with Crippen LogP contribution in [0.4, 0.5) is 0 Å². The van der Waals surface area contributed by atoms with Gasteiger partial charge in [-0.2, -0.15) is 0 Å². The molecule has 0 radical (unpaired) electrons. The van der Waals surface area contributed by atoms with E-state index < -0.39 is 0 Å². The van der Waals surface area contributed by atoms with E-state index in [0.29, 0.717) is 5.41 Å². The van der Waals surface area contributed by atoms with Gasteiger partial charge in [0.2, 0.25) is 0 Å². The molecule has 4 rings (SSSR count). The number of nitrogens with zero attached hydrogens (tertiary/aromatic N) is 1. The Labute approximate surface area is 127 Å². The Morgan fingerprint density at radius 3 is 2.35 bits per heavy atom. The van der Waals surface area contributed by atoms with Crippen LogP contribution < -0.4 is 5.32 Å². The molecule has 4 aliphatic rings. The van der Waals surface area contributed by atoms with Gasteiger partial charge in [0.25, 0.3) is 0 Å². The fourth-order valence-corrected chi connectivity index (χ4v) is 5.40. The van der Waals surface area contributed by atoms with Crippen molar-refractivity contribution in [3.05, 3.63) is 0 Å². The van der Waals surface area contributed by atoms with Gasteiger partial charge in [0.05, 0.1) is 0 Å². The maximum Gasteiger partial charge on any atom is 0.156 e. The van der Waals surface area contributed by atoms with Crippen LogP contribution in [0.15, 0.2) is 4.99 Å². The Bertz CT molecular complexity index is 366. The highest BCUT2D eigenvalue weighted by Crippen LogP contribution is 2.49. The Hall–Kier alpha value is -0.180. The SMILES string of the molecule is C1CCC2(CC1)CN=C(NCC(C1CC1)C1CC1)SC2. The summed E-state index contributed by atoms with van der Waals surface area (Å²) in [6.07, 6.45) is 13.1. The molecule has 0 atom stereocenters. The van der Waals surface area contributed by atoms with E-state index in [1.54, 1.807) is 0 Å². The van der Waals surface area contributed by atoms with Crippen LogP contribution in [0.5, 0.6) is 0 Å². The maximum absolute atomic E-state index is 4.91. The largest absolute Gasteiger partial charge is 0.365 e. The van der Waals surface area contributed by atoms with Gasteiger partial charge in [-0.15, -0.1) is 0 Å². The van der Waals surface area contributed by atoms with Gasteiger partial charge in [-0.25, -0.2) is 0 Å². The molecule has 0 aromatic carbocycles. The lowest BCUT2D eigenvalue weighted by Crippen LogP contribution is -2.38. The molecule has 1 N–H and O–H groups in total. The number of hydrogen-bond donors (Lipinski definition) is 1.